The number of carbonyl (C=O) groups is 2. The van der Waals surface area contributed by atoms with Gasteiger partial charge in [-0.25, -0.2) is 0 Å². The van der Waals surface area contributed by atoms with E-state index in [4.69, 9.17) is 0 Å². The zero-order valence-electron chi connectivity index (χ0n) is 12.5. The predicted molar refractivity (Wildman–Crippen MR) is 74.7 cm³/mol. The molecule has 2 heterocycles. The molecule has 1 fully saturated rings. The molecule has 0 bridgehead atoms. The number of piperazine rings is 1. The summed E-state index contributed by atoms with van der Waals surface area (Å²) in [6.45, 7) is 6.54. The van der Waals surface area contributed by atoms with Gasteiger partial charge < -0.3 is 10.2 Å². The lowest BCUT2D eigenvalue weighted by Crippen LogP contribution is -2.58. The van der Waals surface area contributed by atoms with E-state index in [1.165, 1.54) is 0 Å². The number of aryl methyl sites for hydroxylation is 2. The average molecular weight is 278 g/mol. The van der Waals surface area contributed by atoms with Gasteiger partial charge in [-0.05, 0) is 25.3 Å². The van der Waals surface area contributed by atoms with Gasteiger partial charge in [0.1, 0.15) is 6.04 Å². The monoisotopic (exact) mass is 278 g/mol. The first-order valence-corrected chi connectivity index (χ1v) is 6.95. The van der Waals surface area contributed by atoms with Crippen LogP contribution < -0.4 is 5.32 Å². The van der Waals surface area contributed by atoms with Gasteiger partial charge in [0.2, 0.25) is 11.8 Å². The summed E-state index contributed by atoms with van der Waals surface area (Å²) in [7, 11) is 1.86. The van der Waals surface area contributed by atoms with E-state index in [0.717, 1.165) is 11.4 Å². The third-order valence-electron chi connectivity index (χ3n) is 3.54. The van der Waals surface area contributed by atoms with Gasteiger partial charge in [-0.1, -0.05) is 13.8 Å². The number of carbonyl (C=O) groups excluding carboxylic acids is 2. The van der Waals surface area contributed by atoms with Gasteiger partial charge in [-0.2, -0.15) is 5.10 Å². The molecular weight excluding hydrogens is 256 g/mol. The summed E-state index contributed by atoms with van der Waals surface area (Å²) >= 11 is 0. The molecule has 0 aliphatic carbocycles. The first kappa shape index (κ1) is 14.6. The molecule has 1 atom stereocenters. The van der Waals surface area contributed by atoms with E-state index in [1.54, 1.807) is 9.58 Å². The standard InChI is InChI=1S/C14H22N4O2/c1-9(2)5-12-14(20)15-7-13(19)18(12)8-11-6-10(3)16-17(11)4/h6,9,12H,5,7-8H2,1-4H3,(H,15,20). The molecule has 1 aliphatic rings. The fraction of sp³-hybridized carbons (Fsp3) is 0.643. The summed E-state index contributed by atoms with van der Waals surface area (Å²) < 4.78 is 1.77. The van der Waals surface area contributed by atoms with Crippen LogP contribution in [-0.4, -0.2) is 39.1 Å². The van der Waals surface area contributed by atoms with E-state index >= 15 is 0 Å². The Hall–Kier alpha value is -1.85. The van der Waals surface area contributed by atoms with E-state index in [-0.39, 0.29) is 24.4 Å². The van der Waals surface area contributed by atoms with Crippen LogP contribution in [0.2, 0.25) is 0 Å². The number of amides is 2. The molecule has 2 rings (SSSR count). The predicted octanol–water partition coefficient (Wildman–Crippen LogP) is 0.602. The van der Waals surface area contributed by atoms with Crippen LogP contribution in [0.4, 0.5) is 0 Å². The van der Waals surface area contributed by atoms with Crippen LogP contribution in [0.25, 0.3) is 0 Å². The van der Waals surface area contributed by atoms with Gasteiger partial charge in [-0.3, -0.25) is 14.3 Å². The highest BCUT2D eigenvalue weighted by Gasteiger charge is 2.35. The SMILES string of the molecule is Cc1cc(CN2C(=O)CNC(=O)C2CC(C)C)n(C)n1. The lowest BCUT2D eigenvalue weighted by molar-refractivity contribution is -0.147. The van der Waals surface area contributed by atoms with Crippen LogP contribution in [0.3, 0.4) is 0 Å². The molecular formula is C14H22N4O2. The second-order valence-electron chi connectivity index (χ2n) is 5.79. The van der Waals surface area contributed by atoms with Crippen LogP contribution in [0.1, 0.15) is 31.7 Å². The molecule has 2 amide bonds. The fourth-order valence-electron chi connectivity index (χ4n) is 2.56. The average Bonchev–Trinajstić information content (AvgIpc) is 2.66. The molecule has 110 valence electrons. The quantitative estimate of drug-likeness (QED) is 0.877. The molecule has 1 aromatic rings. The highest BCUT2D eigenvalue weighted by molar-refractivity contribution is 5.94. The van der Waals surface area contributed by atoms with Crippen LogP contribution in [0, 0.1) is 12.8 Å². The number of nitrogens with zero attached hydrogens (tertiary/aromatic N) is 3. The Labute approximate surface area is 119 Å². The van der Waals surface area contributed by atoms with Crippen LogP contribution in [0.5, 0.6) is 0 Å². The normalized spacial score (nSPS) is 19.6. The van der Waals surface area contributed by atoms with Crippen molar-refractivity contribution in [2.24, 2.45) is 13.0 Å². The second-order valence-corrected chi connectivity index (χ2v) is 5.79. The molecule has 20 heavy (non-hydrogen) atoms. The first-order chi connectivity index (χ1) is 9.38. The van der Waals surface area contributed by atoms with Crippen LogP contribution in [-0.2, 0) is 23.2 Å². The van der Waals surface area contributed by atoms with E-state index < -0.39 is 0 Å². The van der Waals surface area contributed by atoms with Gasteiger partial charge in [0.25, 0.3) is 0 Å². The van der Waals surface area contributed by atoms with E-state index in [1.807, 2.05) is 20.0 Å². The van der Waals surface area contributed by atoms with Crippen molar-refractivity contribution >= 4 is 11.8 Å². The number of hydrogen-bond acceptors (Lipinski definition) is 3. The van der Waals surface area contributed by atoms with Crippen molar-refractivity contribution in [1.82, 2.24) is 20.0 Å². The Balaban J connectivity index is 2.22. The molecule has 6 nitrogen and oxygen atoms in total. The zero-order chi connectivity index (χ0) is 14.9. The number of rotatable bonds is 4. The number of nitrogens with one attached hydrogen (secondary N) is 1. The summed E-state index contributed by atoms with van der Waals surface area (Å²) in [5.41, 5.74) is 1.86. The van der Waals surface area contributed by atoms with Gasteiger partial charge in [0.15, 0.2) is 0 Å². The Bertz CT molecular complexity index is 521. The Morgan fingerprint density at radius 1 is 1.45 bits per heavy atom. The molecule has 6 heteroatoms. The summed E-state index contributed by atoms with van der Waals surface area (Å²) in [4.78, 5) is 25.9. The van der Waals surface area contributed by atoms with Gasteiger partial charge in [-0.15, -0.1) is 0 Å². The molecule has 1 saturated heterocycles. The lowest BCUT2D eigenvalue weighted by atomic mass is 9.99. The maximum atomic E-state index is 12.1. The summed E-state index contributed by atoms with van der Waals surface area (Å²) in [6.07, 6.45) is 0.675. The highest BCUT2D eigenvalue weighted by atomic mass is 16.2. The molecule has 1 aromatic heterocycles. The molecule has 0 saturated carbocycles. The van der Waals surface area contributed by atoms with E-state index in [2.05, 4.69) is 24.3 Å². The highest BCUT2D eigenvalue weighted by Crippen LogP contribution is 2.18. The molecule has 1 N–H and O–H groups in total. The van der Waals surface area contributed by atoms with Crippen molar-refractivity contribution < 1.29 is 9.59 Å². The minimum Gasteiger partial charge on any atom is -0.345 e. The molecule has 0 radical (unpaired) electrons. The summed E-state index contributed by atoms with van der Waals surface area (Å²) in [6, 6.07) is 1.57. The molecule has 0 spiro atoms. The minimum atomic E-state index is -0.383. The second kappa shape index (κ2) is 5.64. The Kier molecular flexibility index (Phi) is 4.11. The lowest BCUT2D eigenvalue weighted by Gasteiger charge is -2.35. The first-order valence-electron chi connectivity index (χ1n) is 6.95. The van der Waals surface area contributed by atoms with Gasteiger partial charge >= 0.3 is 0 Å². The zero-order valence-corrected chi connectivity index (χ0v) is 12.5. The topological polar surface area (TPSA) is 67.2 Å². The third-order valence-corrected chi connectivity index (χ3v) is 3.54. The van der Waals surface area contributed by atoms with Gasteiger partial charge in [0, 0.05) is 7.05 Å². The summed E-state index contributed by atoms with van der Waals surface area (Å²) in [5, 5.41) is 6.95. The number of hydrogen-bond donors (Lipinski definition) is 1. The minimum absolute atomic E-state index is 0.0332. The third kappa shape index (κ3) is 3.00. The summed E-state index contributed by atoms with van der Waals surface area (Å²) in [5.74, 6) is 0.263. The molecule has 1 unspecified atom stereocenters. The van der Waals surface area contributed by atoms with Crippen molar-refractivity contribution in [3.63, 3.8) is 0 Å². The molecule has 0 aromatic carbocycles. The molecule has 1 aliphatic heterocycles. The van der Waals surface area contributed by atoms with Crippen molar-refractivity contribution in [1.29, 1.82) is 0 Å². The van der Waals surface area contributed by atoms with Crippen LogP contribution in [0.15, 0.2) is 6.07 Å². The van der Waals surface area contributed by atoms with Crippen molar-refractivity contribution in [3.8, 4) is 0 Å². The van der Waals surface area contributed by atoms with Crippen LogP contribution >= 0.6 is 0 Å². The largest absolute Gasteiger partial charge is 0.345 e. The maximum Gasteiger partial charge on any atom is 0.243 e. The van der Waals surface area contributed by atoms with Crippen molar-refractivity contribution in [2.45, 2.75) is 39.8 Å². The Morgan fingerprint density at radius 2 is 2.15 bits per heavy atom. The smallest absolute Gasteiger partial charge is 0.243 e. The van der Waals surface area contributed by atoms with E-state index in [9.17, 15) is 9.59 Å². The maximum absolute atomic E-state index is 12.1. The number of aromatic nitrogens is 2. The Morgan fingerprint density at radius 3 is 2.70 bits per heavy atom. The van der Waals surface area contributed by atoms with Crippen molar-refractivity contribution in [3.05, 3.63) is 17.5 Å². The van der Waals surface area contributed by atoms with Gasteiger partial charge in [0.05, 0.1) is 24.5 Å². The fourth-order valence-corrected chi connectivity index (χ4v) is 2.56. The van der Waals surface area contributed by atoms with Crippen molar-refractivity contribution in [2.75, 3.05) is 6.54 Å². The van der Waals surface area contributed by atoms with E-state index in [0.29, 0.717) is 18.9 Å².